The summed E-state index contributed by atoms with van der Waals surface area (Å²) >= 11 is 0. The van der Waals surface area contributed by atoms with Gasteiger partial charge < -0.3 is 0 Å². The number of hydrogen-bond donors (Lipinski definition) is 0. The van der Waals surface area contributed by atoms with Crippen LogP contribution in [0.5, 0.6) is 0 Å². The van der Waals surface area contributed by atoms with E-state index in [9.17, 15) is 0 Å². The summed E-state index contributed by atoms with van der Waals surface area (Å²) in [6.45, 7) is 6.93. The highest BCUT2D eigenvalue weighted by atomic mass is 14.3. The zero-order chi connectivity index (χ0) is 13.0. The van der Waals surface area contributed by atoms with Crippen molar-refractivity contribution in [1.29, 1.82) is 0 Å². The SMILES string of the molecule is CCCCC1=CC(C)C(C)(c2ccccc2)C=C1. The molecule has 0 nitrogen and oxygen atoms in total. The normalized spacial score (nSPS) is 27.1. The van der Waals surface area contributed by atoms with Crippen LogP contribution in [0.1, 0.15) is 45.6 Å². The zero-order valence-electron chi connectivity index (χ0n) is 11.8. The van der Waals surface area contributed by atoms with E-state index in [4.69, 9.17) is 0 Å². The summed E-state index contributed by atoms with van der Waals surface area (Å²) in [6.07, 6.45) is 11.0. The molecule has 1 aromatic rings. The van der Waals surface area contributed by atoms with Crippen LogP contribution in [-0.2, 0) is 5.41 Å². The Bertz CT molecular complexity index is 438. The molecule has 0 spiro atoms. The van der Waals surface area contributed by atoms with E-state index in [-0.39, 0.29) is 5.41 Å². The second-order valence-electron chi connectivity index (χ2n) is 5.62. The van der Waals surface area contributed by atoms with Gasteiger partial charge >= 0.3 is 0 Å². The number of hydrogen-bond acceptors (Lipinski definition) is 0. The summed E-state index contributed by atoms with van der Waals surface area (Å²) in [5.74, 6) is 0.566. The molecule has 2 atom stereocenters. The summed E-state index contributed by atoms with van der Waals surface area (Å²) in [7, 11) is 0. The topological polar surface area (TPSA) is 0 Å². The molecule has 0 heteroatoms. The molecule has 2 unspecified atom stereocenters. The van der Waals surface area contributed by atoms with Crippen LogP contribution in [0, 0.1) is 5.92 Å². The van der Waals surface area contributed by atoms with Crippen LogP contribution < -0.4 is 0 Å². The van der Waals surface area contributed by atoms with Crippen molar-refractivity contribution in [1.82, 2.24) is 0 Å². The van der Waals surface area contributed by atoms with Gasteiger partial charge in [-0.1, -0.05) is 81.3 Å². The predicted molar refractivity (Wildman–Crippen MR) is 79.7 cm³/mol. The molecule has 1 aliphatic carbocycles. The average molecular weight is 240 g/mol. The number of rotatable bonds is 4. The van der Waals surface area contributed by atoms with E-state index >= 15 is 0 Å². The lowest BCUT2D eigenvalue weighted by atomic mass is 9.69. The van der Waals surface area contributed by atoms with E-state index in [2.05, 4.69) is 69.3 Å². The monoisotopic (exact) mass is 240 g/mol. The van der Waals surface area contributed by atoms with Crippen LogP contribution in [-0.4, -0.2) is 0 Å². The molecule has 0 saturated heterocycles. The average Bonchev–Trinajstić information content (AvgIpc) is 2.41. The molecule has 2 rings (SSSR count). The molecular formula is C18H24. The number of allylic oxidation sites excluding steroid dienone is 4. The highest BCUT2D eigenvalue weighted by molar-refractivity contribution is 5.39. The standard InChI is InChI=1S/C18H24/c1-4-5-9-16-12-13-18(3,15(2)14-16)17-10-7-6-8-11-17/h6-8,10-15H,4-5,9H2,1-3H3. The van der Waals surface area contributed by atoms with Crippen LogP contribution in [0.25, 0.3) is 0 Å². The van der Waals surface area contributed by atoms with Gasteiger partial charge in [0.25, 0.3) is 0 Å². The second-order valence-corrected chi connectivity index (χ2v) is 5.62. The quantitative estimate of drug-likeness (QED) is 0.673. The van der Waals surface area contributed by atoms with Crippen LogP contribution in [0.2, 0.25) is 0 Å². The van der Waals surface area contributed by atoms with Gasteiger partial charge in [0.1, 0.15) is 0 Å². The summed E-state index contributed by atoms with van der Waals surface area (Å²) < 4.78 is 0. The number of benzene rings is 1. The minimum absolute atomic E-state index is 0.150. The fourth-order valence-corrected chi connectivity index (χ4v) is 2.69. The van der Waals surface area contributed by atoms with Gasteiger partial charge in [0.15, 0.2) is 0 Å². The highest BCUT2D eigenvalue weighted by Gasteiger charge is 2.31. The van der Waals surface area contributed by atoms with Crippen molar-refractivity contribution < 1.29 is 0 Å². The van der Waals surface area contributed by atoms with Crippen molar-refractivity contribution in [2.24, 2.45) is 5.92 Å². The Hall–Kier alpha value is -1.30. The van der Waals surface area contributed by atoms with Crippen molar-refractivity contribution >= 4 is 0 Å². The van der Waals surface area contributed by atoms with Gasteiger partial charge in [-0.05, 0) is 24.3 Å². The van der Waals surface area contributed by atoms with Gasteiger partial charge in [0.2, 0.25) is 0 Å². The Morgan fingerprint density at radius 1 is 1.17 bits per heavy atom. The summed E-state index contributed by atoms with van der Waals surface area (Å²) in [5.41, 5.74) is 3.08. The van der Waals surface area contributed by atoms with E-state index in [1.165, 1.54) is 30.4 Å². The molecule has 96 valence electrons. The predicted octanol–water partition coefficient (Wildman–Crippen LogP) is 5.27. The Balaban J connectivity index is 2.19. The Morgan fingerprint density at radius 2 is 1.89 bits per heavy atom. The molecular weight excluding hydrogens is 216 g/mol. The van der Waals surface area contributed by atoms with E-state index < -0.39 is 0 Å². The lowest BCUT2D eigenvalue weighted by Gasteiger charge is -2.35. The molecule has 1 aromatic carbocycles. The lowest BCUT2D eigenvalue weighted by Crippen LogP contribution is -2.28. The third kappa shape index (κ3) is 2.58. The van der Waals surface area contributed by atoms with Crippen LogP contribution in [0.15, 0.2) is 54.1 Å². The number of unbranched alkanes of at least 4 members (excludes halogenated alkanes) is 1. The van der Waals surface area contributed by atoms with Crippen LogP contribution in [0.4, 0.5) is 0 Å². The smallest absolute Gasteiger partial charge is 0.0167 e. The summed E-state index contributed by atoms with van der Waals surface area (Å²) in [5, 5.41) is 0. The van der Waals surface area contributed by atoms with Gasteiger partial charge in [0.05, 0.1) is 0 Å². The summed E-state index contributed by atoms with van der Waals surface area (Å²) in [6, 6.07) is 10.8. The van der Waals surface area contributed by atoms with Gasteiger partial charge in [-0.25, -0.2) is 0 Å². The minimum Gasteiger partial charge on any atom is -0.0773 e. The van der Waals surface area contributed by atoms with Crippen molar-refractivity contribution in [3.8, 4) is 0 Å². The van der Waals surface area contributed by atoms with Crippen molar-refractivity contribution in [2.45, 2.75) is 45.4 Å². The molecule has 0 N–H and O–H groups in total. The first-order chi connectivity index (χ1) is 8.66. The van der Waals surface area contributed by atoms with E-state index in [0.717, 1.165) is 0 Å². The molecule has 1 aliphatic rings. The maximum Gasteiger partial charge on any atom is 0.0167 e. The molecule has 0 fully saturated rings. The molecule has 0 bridgehead atoms. The maximum atomic E-state index is 2.46. The fraction of sp³-hybridized carbons (Fsp3) is 0.444. The third-order valence-corrected chi connectivity index (χ3v) is 4.27. The van der Waals surface area contributed by atoms with Gasteiger partial charge in [-0.15, -0.1) is 0 Å². The molecule has 0 heterocycles. The first-order valence-electron chi connectivity index (χ1n) is 7.12. The lowest BCUT2D eigenvalue weighted by molar-refractivity contribution is 0.453. The highest BCUT2D eigenvalue weighted by Crippen LogP contribution is 2.38. The van der Waals surface area contributed by atoms with Crippen LogP contribution in [0.3, 0.4) is 0 Å². The molecule has 0 amide bonds. The third-order valence-electron chi connectivity index (χ3n) is 4.27. The fourth-order valence-electron chi connectivity index (χ4n) is 2.69. The van der Waals surface area contributed by atoms with E-state index in [0.29, 0.717) is 5.92 Å². The minimum atomic E-state index is 0.150. The van der Waals surface area contributed by atoms with Gasteiger partial charge in [-0.3, -0.25) is 0 Å². The Morgan fingerprint density at radius 3 is 2.50 bits per heavy atom. The summed E-state index contributed by atoms with van der Waals surface area (Å²) in [4.78, 5) is 0. The molecule has 0 aliphatic heterocycles. The zero-order valence-corrected chi connectivity index (χ0v) is 11.8. The second kappa shape index (κ2) is 5.56. The van der Waals surface area contributed by atoms with E-state index in [1.54, 1.807) is 0 Å². The Kier molecular flexibility index (Phi) is 4.06. The molecule has 18 heavy (non-hydrogen) atoms. The van der Waals surface area contributed by atoms with Crippen LogP contribution >= 0.6 is 0 Å². The first kappa shape index (κ1) is 13.1. The largest absolute Gasteiger partial charge is 0.0773 e. The maximum absolute atomic E-state index is 2.46. The van der Waals surface area contributed by atoms with E-state index in [1.807, 2.05) is 0 Å². The van der Waals surface area contributed by atoms with Crippen molar-refractivity contribution in [3.05, 3.63) is 59.7 Å². The first-order valence-corrected chi connectivity index (χ1v) is 7.12. The Labute approximate surface area is 111 Å². The molecule has 0 aromatic heterocycles. The van der Waals surface area contributed by atoms with Gasteiger partial charge in [0, 0.05) is 5.41 Å². The molecule has 0 saturated carbocycles. The van der Waals surface area contributed by atoms with Crippen molar-refractivity contribution in [3.63, 3.8) is 0 Å². The van der Waals surface area contributed by atoms with Gasteiger partial charge in [-0.2, -0.15) is 0 Å². The van der Waals surface area contributed by atoms with Crippen molar-refractivity contribution in [2.75, 3.05) is 0 Å². The molecule has 0 radical (unpaired) electrons.